The first-order valence-corrected chi connectivity index (χ1v) is 8.88. The molecule has 1 aliphatic carbocycles. The molecule has 1 aliphatic heterocycles. The first kappa shape index (κ1) is 15.9. The van der Waals surface area contributed by atoms with Crippen LogP contribution in [0.3, 0.4) is 0 Å². The van der Waals surface area contributed by atoms with E-state index in [4.69, 9.17) is 4.74 Å². The van der Waals surface area contributed by atoms with E-state index in [0.29, 0.717) is 12.3 Å². The second-order valence-corrected chi connectivity index (χ2v) is 7.35. The minimum Gasteiger partial charge on any atom is -0.469 e. The molecule has 1 saturated heterocycles. The van der Waals surface area contributed by atoms with Gasteiger partial charge in [-0.25, -0.2) is 4.98 Å². The van der Waals surface area contributed by atoms with E-state index in [2.05, 4.69) is 15.3 Å². The van der Waals surface area contributed by atoms with Crippen molar-refractivity contribution in [3.8, 4) is 0 Å². The lowest BCUT2D eigenvalue weighted by Gasteiger charge is -2.36. The average molecular weight is 324 g/mol. The van der Waals surface area contributed by atoms with Gasteiger partial charge in [-0.3, -0.25) is 9.69 Å². The number of aryl methyl sites for hydroxylation is 1. The maximum atomic E-state index is 11.7. The summed E-state index contributed by atoms with van der Waals surface area (Å²) >= 11 is 1.76. The van der Waals surface area contributed by atoms with Gasteiger partial charge in [0.2, 0.25) is 0 Å². The Bertz CT molecular complexity index is 525. The number of thiazole rings is 1. The number of carbonyl (C=O) groups is 1. The molecule has 0 unspecified atom stereocenters. The zero-order valence-electron chi connectivity index (χ0n) is 13.2. The fourth-order valence-electron chi connectivity index (χ4n) is 3.78. The van der Waals surface area contributed by atoms with E-state index in [-0.39, 0.29) is 17.9 Å². The molecule has 5 nitrogen and oxygen atoms in total. The van der Waals surface area contributed by atoms with E-state index in [1.165, 1.54) is 12.1 Å². The Morgan fingerprint density at radius 3 is 2.73 bits per heavy atom. The van der Waals surface area contributed by atoms with Crippen LogP contribution in [0.5, 0.6) is 0 Å². The van der Waals surface area contributed by atoms with Gasteiger partial charge in [0.25, 0.3) is 0 Å². The highest BCUT2D eigenvalue weighted by atomic mass is 32.1. The van der Waals surface area contributed by atoms with E-state index >= 15 is 0 Å². The summed E-state index contributed by atoms with van der Waals surface area (Å²) in [5, 5.41) is 13.6. The minimum absolute atomic E-state index is 0.100. The topological polar surface area (TPSA) is 62.7 Å². The monoisotopic (exact) mass is 324 g/mol. The Hall–Kier alpha value is -0.980. The third-order valence-corrected chi connectivity index (χ3v) is 6.14. The zero-order chi connectivity index (χ0) is 15.7. The van der Waals surface area contributed by atoms with Crippen molar-refractivity contribution in [2.24, 2.45) is 5.92 Å². The van der Waals surface area contributed by atoms with E-state index < -0.39 is 6.10 Å². The fourth-order valence-corrected chi connectivity index (χ4v) is 4.75. The molecular weight excluding hydrogens is 300 g/mol. The van der Waals surface area contributed by atoms with Crippen molar-refractivity contribution in [3.63, 3.8) is 0 Å². The molecule has 1 aromatic heterocycles. The lowest BCUT2D eigenvalue weighted by atomic mass is 9.95. The van der Waals surface area contributed by atoms with Crippen LogP contribution in [-0.2, 0) is 9.53 Å². The first-order chi connectivity index (χ1) is 10.6. The minimum atomic E-state index is -0.414. The standard InChI is InChI=1S/C16H24N2O3S/c1-10-9-22-15(17-10)11-3-5-18(6-4-11)13-7-12(8-14(13)19)16(20)21-2/h9,11-14,19H,3-8H2,1-2H3/t12-,13-,14+/m1/s1. The number of carbonyl (C=O) groups excluding carboxylic acids is 1. The number of aliphatic hydroxyl groups is 1. The van der Waals surface area contributed by atoms with Crippen LogP contribution >= 0.6 is 11.3 Å². The predicted molar refractivity (Wildman–Crippen MR) is 84.9 cm³/mol. The molecule has 0 radical (unpaired) electrons. The number of esters is 1. The van der Waals surface area contributed by atoms with Gasteiger partial charge < -0.3 is 9.84 Å². The summed E-state index contributed by atoms with van der Waals surface area (Å²) in [5.74, 6) is 0.212. The zero-order valence-corrected chi connectivity index (χ0v) is 14.0. The Morgan fingerprint density at radius 1 is 1.41 bits per heavy atom. The Kier molecular flexibility index (Phi) is 4.80. The Balaban J connectivity index is 1.56. The molecule has 2 heterocycles. The molecule has 0 amide bonds. The van der Waals surface area contributed by atoms with Crippen molar-refractivity contribution < 1.29 is 14.6 Å². The molecule has 122 valence electrons. The number of rotatable bonds is 3. The highest BCUT2D eigenvalue weighted by Gasteiger charge is 2.41. The number of ether oxygens (including phenoxy) is 1. The number of hydrogen-bond donors (Lipinski definition) is 1. The first-order valence-electron chi connectivity index (χ1n) is 8.00. The average Bonchev–Trinajstić information content (AvgIpc) is 3.13. The van der Waals surface area contributed by atoms with Crippen LogP contribution in [0.4, 0.5) is 0 Å². The number of likely N-dealkylation sites (tertiary alicyclic amines) is 1. The molecule has 1 saturated carbocycles. The second kappa shape index (κ2) is 6.64. The van der Waals surface area contributed by atoms with Crippen LogP contribution in [-0.4, -0.2) is 53.3 Å². The van der Waals surface area contributed by atoms with E-state index in [1.807, 2.05) is 6.92 Å². The summed E-state index contributed by atoms with van der Waals surface area (Å²) in [5.41, 5.74) is 1.11. The molecule has 22 heavy (non-hydrogen) atoms. The highest BCUT2D eigenvalue weighted by molar-refractivity contribution is 7.09. The largest absolute Gasteiger partial charge is 0.469 e. The van der Waals surface area contributed by atoms with Gasteiger partial charge in [-0.05, 0) is 45.7 Å². The van der Waals surface area contributed by atoms with Crippen molar-refractivity contribution in [2.45, 2.75) is 50.7 Å². The number of nitrogens with zero attached hydrogens (tertiary/aromatic N) is 2. The molecular formula is C16H24N2O3S. The van der Waals surface area contributed by atoms with Gasteiger partial charge in [0.15, 0.2) is 0 Å². The molecule has 2 fully saturated rings. The summed E-state index contributed by atoms with van der Waals surface area (Å²) in [7, 11) is 1.42. The van der Waals surface area contributed by atoms with Gasteiger partial charge in [0, 0.05) is 23.0 Å². The van der Waals surface area contributed by atoms with Gasteiger partial charge in [-0.2, -0.15) is 0 Å². The lowest BCUT2D eigenvalue weighted by molar-refractivity contribution is -0.145. The van der Waals surface area contributed by atoms with Crippen LogP contribution in [0, 0.1) is 12.8 Å². The molecule has 2 aliphatic rings. The number of piperidine rings is 1. The number of methoxy groups -OCH3 is 1. The van der Waals surface area contributed by atoms with Crippen LogP contribution < -0.4 is 0 Å². The van der Waals surface area contributed by atoms with E-state index in [0.717, 1.165) is 38.0 Å². The van der Waals surface area contributed by atoms with Crippen LogP contribution in [0.2, 0.25) is 0 Å². The number of hydrogen-bond acceptors (Lipinski definition) is 6. The molecule has 1 N–H and O–H groups in total. The summed E-state index contributed by atoms with van der Waals surface area (Å²) < 4.78 is 4.82. The fraction of sp³-hybridized carbons (Fsp3) is 0.750. The Morgan fingerprint density at radius 2 is 2.14 bits per heavy atom. The van der Waals surface area contributed by atoms with Crippen LogP contribution in [0.15, 0.2) is 5.38 Å². The molecule has 0 aromatic carbocycles. The summed E-state index contributed by atoms with van der Waals surface area (Å²) in [4.78, 5) is 18.6. The third kappa shape index (κ3) is 3.19. The van der Waals surface area contributed by atoms with Crippen molar-refractivity contribution in [2.75, 3.05) is 20.2 Å². The lowest BCUT2D eigenvalue weighted by Crippen LogP contribution is -2.44. The summed E-state index contributed by atoms with van der Waals surface area (Å²) in [6.07, 6.45) is 3.00. The third-order valence-electron chi connectivity index (χ3n) is 5.02. The van der Waals surface area contributed by atoms with E-state index in [1.54, 1.807) is 11.3 Å². The van der Waals surface area contributed by atoms with E-state index in [9.17, 15) is 9.90 Å². The molecule has 0 bridgehead atoms. The van der Waals surface area contributed by atoms with Gasteiger partial charge in [-0.1, -0.05) is 0 Å². The van der Waals surface area contributed by atoms with Crippen molar-refractivity contribution in [1.29, 1.82) is 0 Å². The molecule has 1 aromatic rings. The molecule has 0 spiro atoms. The quantitative estimate of drug-likeness (QED) is 0.861. The molecule has 3 rings (SSSR count). The predicted octanol–water partition coefficient (Wildman–Crippen LogP) is 1.94. The van der Waals surface area contributed by atoms with Crippen LogP contribution in [0.25, 0.3) is 0 Å². The van der Waals surface area contributed by atoms with Gasteiger partial charge >= 0.3 is 5.97 Å². The SMILES string of the molecule is COC(=O)[C@@H]1C[C@@H](N2CCC(c3nc(C)cs3)CC2)[C@@H](O)C1. The van der Waals surface area contributed by atoms with Crippen molar-refractivity contribution in [3.05, 3.63) is 16.1 Å². The van der Waals surface area contributed by atoms with Crippen molar-refractivity contribution >= 4 is 17.3 Å². The maximum Gasteiger partial charge on any atom is 0.308 e. The molecule has 3 atom stereocenters. The van der Waals surface area contributed by atoms with Gasteiger partial charge in [-0.15, -0.1) is 11.3 Å². The van der Waals surface area contributed by atoms with Gasteiger partial charge in [0.1, 0.15) is 0 Å². The van der Waals surface area contributed by atoms with Crippen molar-refractivity contribution in [1.82, 2.24) is 9.88 Å². The van der Waals surface area contributed by atoms with Crippen LogP contribution in [0.1, 0.15) is 42.3 Å². The summed E-state index contributed by atoms with van der Waals surface area (Å²) in [6.45, 7) is 3.98. The molecule has 6 heteroatoms. The summed E-state index contributed by atoms with van der Waals surface area (Å²) in [6, 6.07) is 0.100. The highest BCUT2D eigenvalue weighted by Crippen LogP contribution is 2.36. The maximum absolute atomic E-state index is 11.7. The number of aromatic nitrogens is 1. The Labute approximate surface area is 135 Å². The second-order valence-electron chi connectivity index (χ2n) is 6.46. The van der Waals surface area contributed by atoms with Gasteiger partial charge in [0.05, 0.1) is 24.1 Å². The normalized spacial score (nSPS) is 30.6. The smallest absolute Gasteiger partial charge is 0.308 e. The number of aliphatic hydroxyl groups excluding tert-OH is 1.